The fourth-order valence-electron chi connectivity index (χ4n) is 6.03. The molecule has 0 aliphatic heterocycles. The van der Waals surface area contributed by atoms with Crippen molar-refractivity contribution in [3.05, 3.63) is 119 Å². The van der Waals surface area contributed by atoms with Crippen LogP contribution in [0.2, 0.25) is 0 Å². The highest BCUT2D eigenvalue weighted by molar-refractivity contribution is 6.09. The molecule has 292 valence electrons. The number of halogens is 3. The Morgan fingerprint density at radius 2 is 1.15 bits per heavy atom. The monoisotopic (exact) mass is 753 g/mol. The number of alkyl halides is 3. The van der Waals surface area contributed by atoms with Gasteiger partial charge in [0.25, 0.3) is 0 Å². The number of amides is 2. The summed E-state index contributed by atoms with van der Waals surface area (Å²) in [6.45, 7) is 13.1. The predicted molar refractivity (Wildman–Crippen MR) is 200 cm³/mol. The van der Waals surface area contributed by atoms with Crippen LogP contribution in [-0.2, 0) is 30.0 Å². The molecule has 10 nitrogen and oxygen atoms in total. The van der Waals surface area contributed by atoms with E-state index in [1.165, 1.54) is 11.8 Å². The van der Waals surface area contributed by atoms with Crippen LogP contribution in [0, 0.1) is 5.92 Å². The van der Waals surface area contributed by atoms with E-state index in [0.29, 0.717) is 11.1 Å². The third kappa shape index (κ3) is 11.3. The molecule has 4 N–H and O–H groups in total. The fraction of sp³-hybridized carbons (Fsp3) is 0.390. The molecule has 0 radical (unpaired) electrons. The molecular formula is C41H50F3N3O7. The molecule has 0 aliphatic carbocycles. The van der Waals surface area contributed by atoms with Gasteiger partial charge in [0.05, 0.1) is 12.1 Å². The molecule has 13 heteroatoms. The largest absolute Gasteiger partial charge is 0.490 e. The van der Waals surface area contributed by atoms with Crippen LogP contribution in [0.15, 0.2) is 96.6 Å². The Bertz CT molecular complexity index is 1790. The Morgan fingerprint density at radius 1 is 0.722 bits per heavy atom. The van der Waals surface area contributed by atoms with E-state index in [-0.39, 0.29) is 29.1 Å². The molecule has 3 aromatic carbocycles. The van der Waals surface area contributed by atoms with Crippen molar-refractivity contribution in [2.45, 2.75) is 83.6 Å². The van der Waals surface area contributed by atoms with Crippen LogP contribution in [-0.4, -0.2) is 83.0 Å². The van der Waals surface area contributed by atoms with E-state index in [9.17, 15) is 37.5 Å². The molecular weight excluding hydrogens is 703 g/mol. The van der Waals surface area contributed by atoms with Crippen LogP contribution in [0.1, 0.15) is 75.5 Å². The van der Waals surface area contributed by atoms with Gasteiger partial charge in [-0.3, -0.25) is 14.4 Å². The van der Waals surface area contributed by atoms with Crippen LogP contribution in [0.25, 0.3) is 0 Å². The van der Waals surface area contributed by atoms with Crippen molar-refractivity contribution >= 4 is 29.5 Å². The highest BCUT2D eigenvalue weighted by atomic mass is 19.4. The molecule has 3 rings (SSSR count). The Hall–Kier alpha value is -5.30. The van der Waals surface area contributed by atoms with E-state index in [0.717, 1.165) is 11.1 Å². The summed E-state index contributed by atoms with van der Waals surface area (Å²) < 4.78 is 31.7. The van der Waals surface area contributed by atoms with Gasteiger partial charge in [0, 0.05) is 34.6 Å². The van der Waals surface area contributed by atoms with E-state index in [4.69, 9.17) is 9.90 Å². The number of benzene rings is 3. The first-order chi connectivity index (χ1) is 25.0. The average Bonchev–Trinajstić information content (AvgIpc) is 3.12. The lowest BCUT2D eigenvalue weighted by molar-refractivity contribution is -0.192. The summed E-state index contributed by atoms with van der Waals surface area (Å²) in [7, 11) is 3.36. The summed E-state index contributed by atoms with van der Waals surface area (Å²) in [6.07, 6.45) is -3.50. The molecule has 0 saturated carbocycles. The molecule has 0 saturated heterocycles. The molecule has 2 amide bonds. The third-order valence-electron chi connectivity index (χ3n) is 9.45. The van der Waals surface area contributed by atoms with E-state index >= 15 is 0 Å². The van der Waals surface area contributed by atoms with Gasteiger partial charge in [-0.05, 0) is 31.0 Å². The maximum Gasteiger partial charge on any atom is 0.490 e. The Kier molecular flexibility index (Phi) is 15.5. The van der Waals surface area contributed by atoms with Crippen LogP contribution in [0.5, 0.6) is 0 Å². The van der Waals surface area contributed by atoms with Crippen molar-refractivity contribution in [3.8, 4) is 0 Å². The predicted octanol–water partition coefficient (Wildman–Crippen LogP) is 6.39. The minimum absolute atomic E-state index is 0.108. The molecule has 0 aliphatic rings. The maximum atomic E-state index is 14.5. The fourth-order valence-corrected chi connectivity index (χ4v) is 6.03. The number of ketones is 1. The van der Waals surface area contributed by atoms with Gasteiger partial charge in [0.15, 0.2) is 5.78 Å². The van der Waals surface area contributed by atoms with Gasteiger partial charge >= 0.3 is 18.1 Å². The van der Waals surface area contributed by atoms with E-state index in [2.05, 4.69) is 10.6 Å². The zero-order valence-corrected chi connectivity index (χ0v) is 32.0. The number of hydrogen-bond acceptors (Lipinski definition) is 6. The molecule has 3 aromatic rings. The normalized spacial score (nSPS) is 13.8. The second-order valence-corrected chi connectivity index (χ2v) is 14.4. The summed E-state index contributed by atoms with van der Waals surface area (Å²) in [6, 6.07) is 23.6. The van der Waals surface area contributed by atoms with Crippen molar-refractivity contribution in [1.29, 1.82) is 0 Å². The zero-order valence-electron chi connectivity index (χ0n) is 32.0. The molecule has 0 spiro atoms. The number of rotatable bonds is 14. The number of carbonyl (C=O) groups excluding carboxylic acids is 3. The van der Waals surface area contributed by atoms with E-state index in [1.807, 2.05) is 102 Å². The van der Waals surface area contributed by atoms with Gasteiger partial charge in [-0.1, -0.05) is 133 Å². The summed E-state index contributed by atoms with van der Waals surface area (Å²) in [5.41, 5.74) is 1.33. The Balaban J connectivity index is 0.00000131. The minimum atomic E-state index is -5.08. The number of carboxylic acids is 2. The summed E-state index contributed by atoms with van der Waals surface area (Å²) in [5, 5.41) is 23.0. The number of nitrogens with zero attached hydrogens (tertiary/aromatic N) is 1. The summed E-state index contributed by atoms with van der Waals surface area (Å²) in [5.74, 6) is -4.76. The van der Waals surface area contributed by atoms with Crippen LogP contribution in [0.4, 0.5) is 13.2 Å². The van der Waals surface area contributed by atoms with Crippen molar-refractivity contribution in [1.82, 2.24) is 15.5 Å². The maximum absolute atomic E-state index is 14.5. The molecule has 3 atom stereocenters. The van der Waals surface area contributed by atoms with Gasteiger partial charge in [-0.25, -0.2) is 9.59 Å². The Morgan fingerprint density at radius 3 is 1.57 bits per heavy atom. The van der Waals surface area contributed by atoms with Gasteiger partial charge < -0.3 is 25.7 Å². The molecule has 0 fully saturated rings. The van der Waals surface area contributed by atoms with Crippen LogP contribution in [0.3, 0.4) is 0 Å². The second kappa shape index (κ2) is 18.6. The lowest BCUT2D eigenvalue weighted by atomic mass is 9.74. The second-order valence-electron chi connectivity index (χ2n) is 14.4. The van der Waals surface area contributed by atoms with Crippen molar-refractivity contribution in [2.75, 3.05) is 14.1 Å². The standard InChI is InChI=1S/C39H49N3O5.C2HF3O2/c1-25(2)31(24-26(3)37(46)47)42(9)36(45)34(41-35(44)33(40-8)38(4,5)29-18-14-11-15-19-29)39(6,7)30-22-20-28(21-23-30)32(43)27-16-12-10-13-17-27;3-2(4,5)1(6)7/h10-25,31,33-34,40H,1-9H3,(H,41,44)(H,46,47);(H,6,7)/b26-24+;/t31-,33-,34-;/m1./s1. The van der Waals surface area contributed by atoms with E-state index in [1.54, 1.807) is 44.4 Å². The van der Waals surface area contributed by atoms with Gasteiger partial charge in [-0.2, -0.15) is 13.2 Å². The number of hydrogen-bond donors (Lipinski definition) is 4. The quantitative estimate of drug-likeness (QED) is 0.109. The number of aliphatic carboxylic acids is 2. The van der Waals surface area contributed by atoms with E-state index < -0.39 is 47.1 Å². The van der Waals surface area contributed by atoms with Crippen molar-refractivity contribution in [2.24, 2.45) is 5.92 Å². The molecule has 0 aromatic heterocycles. The van der Waals surface area contributed by atoms with Gasteiger partial charge in [0.2, 0.25) is 11.8 Å². The zero-order chi connectivity index (χ0) is 41.2. The first-order valence-electron chi connectivity index (χ1n) is 17.2. The summed E-state index contributed by atoms with van der Waals surface area (Å²) >= 11 is 0. The lowest BCUT2D eigenvalue weighted by Crippen LogP contribution is -2.63. The van der Waals surface area contributed by atoms with Crippen molar-refractivity contribution in [3.63, 3.8) is 0 Å². The van der Waals surface area contributed by atoms with Gasteiger partial charge in [0.1, 0.15) is 6.04 Å². The lowest BCUT2D eigenvalue weighted by Gasteiger charge is -2.41. The topological polar surface area (TPSA) is 153 Å². The smallest absolute Gasteiger partial charge is 0.478 e. The number of carbonyl (C=O) groups is 5. The molecule has 0 heterocycles. The average molecular weight is 754 g/mol. The number of likely N-dealkylation sites (N-methyl/N-ethyl adjacent to an activating group) is 2. The molecule has 0 bridgehead atoms. The molecule has 54 heavy (non-hydrogen) atoms. The highest BCUT2D eigenvalue weighted by Gasteiger charge is 2.44. The van der Waals surface area contributed by atoms with Crippen LogP contribution >= 0.6 is 0 Å². The first-order valence-corrected chi connectivity index (χ1v) is 17.2. The number of carboxylic acid groups (broad SMARTS) is 2. The van der Waals surface area contributed by atoms with Crippen molar-refractivity contribution < 1.29 is 47.4 Å². The first kappa shape index (κ1) is 44.9. The molecule has 0 unspecified atom stereocenters. The summed E-state index contributed by atoms with van der Waals surface area (Å²) in [4.78, 5) is 64.0. The van der Waals surface area contributed by atoms with Gasteiger partial charge in [-0.15, -0.1) is 0 Å². The number of nitrogens with one attached hydrogen (secondary N) is 2. The minimum Gasteiger partial charge on any atom is -0.478 e. The third-order valence-corrected chi connectivity index (χ3v) is 9.45. The Labute approximate surface area is 314 Å². The highest BCUT2D eigenvalue weighted by Crippen LogP contribution is 2.32. The van der Waals surface area contributed by atoms with Crippen LogP contribution < -0.4 is 10.6 Å². The SMILES string of the molecule is CN[C@H](C(=O)N[C@H](C(=O)N(C)[C@H](/C=C(\C)C(=O)O)C(C)C)C(C)(C)c1ccc(C(=O)c2ccccc2)cc1)C(C)(C)c1ccccc1.O=C(O)C(F)(F)F.